The van der Waals surface area contributed by atoms with Gasteiger partial charge in [0.1, 0.15) is 0 Å². The minimum atomic E-state index is -3.64. The molecule has 0 aliphatic carbocycles. The predicted octanol–water partition coefficient (Wildman–Crippen LogP) is 4.89. The van der Waals surface area contributed by atoms with Crippen LogP contribution in [0, 0.1) is 17.0 Å². The van der Waals surface area contributed by atoms with Crippen LogP contribution in [0.15, 0.2) is 90.0 Å². The number of sulfonamides is 1. The van der Waals surface area contributed by atoms with Gasteiger partial charge >= 0.3 is 0 Å². The highest BCUT2D eigenvalue weighted by atomic mass is 32.2. The van der Waals surface area contributed by atoms with Crippen molar-refractivity contribution in [1.29, 1.82) is 0 Å². The molecule has 0 atom stereocenters. The largest absolute Gasteiger partial charge is 0.269 e. The first-order chi connectivity index (χ1) is 15.4. The Kier molecular flexibility index (Phi) is 5.87. The van der Waals surface area contributed by atoms with Crippen LogP contribution in [0.1, 0.15) is 11.1 Å². The molecule has 0 amide bonds. The summed E-state index contributed by atoms with van der Waals surface area (Å²) in [5, 5.41) is 12.0. The Bertz CT molecular complexity index is 1320. The number of non-ortho nitro benzene ring substituents is 1. The Morgan fingerprint density at radius 1 is 0.969 bits per heavy atom. The number of fused-ring (bicyclic) bond motifs is 2. The number of aryl methyl sites for hydroxylation is 1. The molecule has 162 valence electrons. The molecule has 4 aromatic rings. The van der Waals surface area contributed by atoms with Crippen LogP contribution in [0.2, 0.25) is 0 Å². The Labute approximate surface area is 186 Å². The molecule has 5 rings (SSSR count). The predicted molar refractivity (Wildman–Crippen MR) is 124 cm³/mol. The lowest BCUT2D eigenvalue weighted by Gasteiger charge is -2.19. The van der Waals surface area contributed by atoms with Crippen molar-refractivity contribution in [3.05, 3.63) is 106 Å². The minimum absolute atomic E-state index is 0.0201. The fraction of sp³-hybridized carbons (Fsp3) is 0.125. The number of nitrogens with zero attached hydrogens (tertiary/aromatic N) is 3. The second kappa shape index (κ2) is 8.76. The van der Waals surface area contributed by atoms with Crippen LogP contribution in [0.5, 0.6) is 0 Å². The molecular weight excluding hydrogens is 426 g/mol. The first-order valence-electron chi connectivity index (χ1n) is 10.0. The second-order valence-corrected chi connectivity index (χ2v) is 9.27. The molecule has 32 heavy (non-hydrogen) atoms. The van der Waals surface area contributed by atoms with Gasteiger partial charge in [-0.15, -0.1) is 0 Å². The van der Waals surface area contributed by atoms with Crippen molar-refractivity contribution < 1.29 is 13.3 Å². The molecule has 0 spiro atoms. The van der Waals surface area contributed by atoms with Crippen molar-refractivity contribution in [3.8, 4) is 0 Å². The van der Waals surface area contributed by atoms with Crippen molar-refractivity contribution in [2.24, 2.45) is 0 Å². The van der Waals surface area contributed by atoms with Gasteiger partial charge in [0, 0.05) is 30.3 Å². The van der Waals surface area contributed by atoms with E-state index in [-0.39, 0.29) is 10.6 Å². The average molecular weight is 448 g/mol. The minimum Gasteiger partial charge on any atom is -0.266 e. The lowest BCUT2D eigenvalue weighted by Crippen LogP contribution is -2.29. The van der Waals surface area contributed by atoms with Crippen LogP contribution in [0.3, 0.4) is 0 Å². The first-order valence-corrected chi connectivity index (χ1v) is 11.5. The maximum absolute atomic E-state index is 12.7. The lowest BCUT2D eigenvalue weighted by atomic mass is 10.1. The zero-order valence-electron chi connectivity index (χ0n) is 17.4. The van der Waals surface area contributed by atoms with Crippen molar-refractivity contribution in [2.45, 2.75) is 18.2 Å². The third kappa shape index (κ3) is 4.31. The van der Waals surface area contributed by atoms with E-state index in [2.05, 4.69) is 17.1 Å². The Hall–Kier alpha value is -3.78. The third-order valence-corrected chi connectivity index (χ3v) is 7.08. The van der Waals surface area contributed by atoms with Gasteiger partial charge in [0.25, 0.3) is 15.7 Å². The first kappa shape index (κ1) is 21.5. The maximum atomic E-state index is 12.7. The number of nitro benzene ring substituents is 1. The molecule has 1 aliphatic rings. The number of benzene rings is 3. The van der Waals surface area contributed by atoms with E-state index >= 15 is 0 Å². The van der Waals surface area contributed by atoms with Gasteiger partial charge in [-0.2, -0.15) is 0 Å². The highest BCUT2D eigenvalue weighted by Gasteiger charge is 2.31. The van der Waals surface area contributed by atoms with Crippen molar-refractivity contribution in [3.63, 3.8) is 0 Å². The standard InChI is InChI=1S/C15H14N2O4S.C9H7N/c1-11-2-5-14(6-3-11)22(20,21)16-9-8-12-10-13(17(18)19)4-7-15(12)16;1-2-6-9-8(4-1)5-3-7-10-9/h2-7,10H,8-9H2,1H3;1-7H. The van der Waals surface area contributed by atoms with Crippen molar-refractivity contribution >= 4 is 32.3 Å². The molecule has 3 aromatic carbocycles. The monoisotopic (exact) mass is 447 g/mol. The number of hydrogen-bond acceptors (Lipinski definition) is 5. The van der Waals surface area contributed by atoms with E-state index in [1.807, 2.05) is 37.4 Å². The van der Waals surface area contributed by atoms with Gasteiger partial charge in [0.05, 0.1) is 21.0 Å². The number of pyridine rings is 1. The summed E-state index contributed by atoms with van der Waals surface area (Å²) in [6, 6.07) is 23.0. The number of hydrogen-bond donors (Lipinski definition) is 0. The summed E-state index contributed by atoms with van der Waals surface area (Å²) in [6.45, 7) is 2.19. The molecule has 8 heteroatoms. The van der Waals surface area contributed by atoms with E-state index in [1.54, 1.807) is 24.3 Å². The van der Waals surface area contributed by atoms with E-state index in [4.69, 9.17) is 0 Å². The Balaban J connectivity index is 0.000000203. The Morgan fingerprint density at radius 3 is 2.41 bits per heavy atom. The third-order valence-electron chi connectivity index (χ3n) is 5.25. The van der Waals surface area contributed by atoms with Crippen LogP contribution >= 0.6 is 0 Å². The van der Waals surface area contributed by atoms with Crippen LogP contribution in [0.4, 0.5) is 11.4 Å². The molecule has 0 N–H and O–H groups in total. The summed E-state index contributed by atoms with van der Waals surface area (Å²) >= 11 is 0. The van der Waals surface area contributed by atoms with E-state index in [0.717, 1.165) is 11.1 Å². The highest BCUT2D eigenvalue weighted by Crippen LogP contribution is 2.35. The van der Waals surface area contributed by atoms with Crippen molar-refractivity contribution in [1.82, 2.24) is 4.98 Å². The van der Waals surface area contributed by atoms with E-state index in [0.29, 0.717) is 24.2 Å². The summed E-state index contributed by atoms with van der Waals surface area (Å²) in [5.74, 6) is 0. The number of aromatic nitrogens is 1. The summed E-state index contributed by atoms with van der Waals surface area (Å²) in [6.07, 6.45) is 2.28. The van der Waals surface area contributed by atoms with Crippen LogP contribution in [-0.4, -0.2) is 24.9 Å². The topological polar surface area (TPSA) is 93.4 Å². The quantitative estimate of drug-likeness (QED) is 0.329. The van der Waals surface area contributed by atoms with Crippen LogP contribution < -0.4 is 4.31 Å². The zero-order chi connectivity index (χ0) is 22.7. The number of nitro groups is 1. The zero-order valence-corrected chi connectivity index (χ0v) is 18.2. The second-order valence-electron chi connectivity index (χ2n) is 7.41. The van der Waals surface area contributed by atoms with Crippen LogP contribution in [-0.2, 0) is 16.4 Å². The molecule has 0 bridgehead atoms. The molecule has 7 nitrogen and oxygen atoms in total. The summed E-state index contributed by atoms with van der Waals surface area (Å²) < 4.78 is 26.8. The van der Waals surface area contributed by atoms with Crippen molar-refractivity contribution in [2.75, 3.05) is 10.8 Å². The van der Waals surface area contributed by atoms with E-state index in [9.17, 15) is 18.5 Å². The van der Waals surface area contributed by atoms with Gasteiger partial charge in [-0.3, -0.25) is 19.4 Å². The molecule has 1 aliphatic heterocycles. The maximum Gasteiger partial charge on any atom is 0.269 e. The fourth-order valence-corrected chi connectivity index (χ4v) is 5.08. The molecule has 0 fully saturated rings. The van der Waals surface area contributed by atoms with Gasteiger partial charge in [-0.05, 0) is 49.2 Å². The number of rotatable bonds is 3. The normalized spacial score (nSPS) is 12.7. The van der Waals surface area contributed by atoms with Gasteiger partial charge in [0.2, 0.25) is 0 Å². The summed E-state index contributed by atoms with van der Waals surface area (Å²) in [7, 11) is -3.64. The van der Waals surface area contributed by atoms with E-state index in [1.165, 1.54) is 27.9 Å². The molecular formula is C24H21N3O4S. The van der Waals surface area contributed by atoms with Crippen LogP contribution in [0.25, 0.3) is 10.9 Å². The molecule has 0 saturated carbocycles. The molecule has 0 saturated heterocycles. The molecule has 0 unspecified atom stereocenters. The van der Waals surface area contributed by atoms with Gasteiger partial charge in [-0.25, -0.2) is 8.42 Å². The average Bonchev–Trinajstić information content (AvgIpc) is 3.24. The molecule has 0 radical (unpaired) electrons. The van der Waals surface area contributed by atoms with Gasteiger partial charge < -0.3 is 0 Å². The number of anilines is 1. The fourth-order valence-electron chi connectivity index (χ4n) is 3.57. The van der Waals surface area contributed by atoms with E-state index < -0.39 is 14.9 Å². The lowest BCUT2D eigenvalue weighted by molar-refractivity contribution is -0.384. The SMILES string of the molecule is Cc1ccc(S(=O)(=O)N2CCc3cc([N+](=O)[O-])ccc32)cc1.c1ccc2ncccc2c1. The summed E-state index contributed by atoms with van der Waals surface area (Å²) in [4.78, 5) is 14.7. The van der Waals surface area contributed by atoms with Gasteiger partial charge in [-0.1, -0.05) is 42.0 Å². The molecule has 1 aromatic heterocycles. The van der Waals surface area contributed by atoms with Gasteiger partial charge in [0.15, 0.2) is 0 Å². The summed E-state index contributed by atoms with van der Waals surface area (Å²) in [5.41, 5.74) is 3.23. The highest BCUT2D eigenvalue weighted by molar-refractivity contribution is 7.92. The Morgan fingerprint density at radius 2 is 1.69 bits per heavy atom. The molecule has 2 heterocycles. The smallest absolute Gasteiger partial charge is 0.266 e. The number of para-hydroxylation sites is 1.